The van der Waals surface area contributed by atoms with Crippen LogP contribution >= 0.6 is 0 Å². The SMILES string of the molecule is CC(C)(C)C1CCN(C2CCC3(CC2)CCN(CC2CCN(C(C)(C)C)CC2)CC3)CC1. The summed E-state index contributed by atoms with van der Waals surface area (Å²) in [6.45, 7) is 23.9. The van der Waals surface area contributed by atoms with Gasteiger partial charge in [-0.15, -0.1) is 0 Å². The smallest absolute Gasteiger partial charge is 0.0125 e. The Bertz CT molecular complexity index is 567. The molecule has 3 saturated heterocycles. The molecular formula is C29H55N3. The molecule has 3 nitrogen and oxygen atoms in total. The zero-order valence-corrected chi connectivity index (χ0v) is 22.6. The summed E-state index contributed by atoms with van der Waals surface area (Å²) in [5, 5.41) is 0. The van der Waals surface area contributed by atoms with Gasteiger partial charge in [0.15, 0.2) is 0 Å². The van der Waals surface area contributed by atoms with E-state index in [2.05, 4.69) is 56.2 Å². The monoisotopic (exact) mass is 445 g/mol. The van der Waals surface area contributed by atoms with Crippen molar-refractivity contribution in [3.05, 3.63) is 0 Å². The van der Waals surface area contributed by atoms with Crippen LogP contribution in [0.3, 0.4) is 0 Å². The maximum Gasteiger partial charge on any atom is 0.0125 e. The first-order valence-electron chi connectivity index (χ1n) is 14.3. The van der Waals surface area contributed by atoms with Gasteiger partial charge in [0.25, 0.3) is 0 Å². The summed E-state index contributed by atoms with van der Waals surface area (Å²) < 4.78 is 0. The molecule has 0 bridgehead atoms. The van der Waals surface area contributed by atoms with Gasteiger partial charge in [-0.2, -0.15) is 0 Å². The van der Waals surface area contributed by atoms with Crippen LogP contribution < -0.4 is 0 Å². The van der Waals surface area contributed by atoms with E-state index >= 15 is 0 Å². The van der Waals surface area contributed by atoms with E-state index in [1.807, 2.05) is 0 Å². The Morgan fingerprint density at radius 3 is 1.72 bits per heavy atom. The third-order valence-electron chi connectivity index (χ3n) is 10.3. The molecule has 0 radical (unpaired) electrons. The van der Waals surface area contributed by atoms with Crippen LogP contribution in [0.25, 0.3) is 0 Å². The van der Waals surface area contributed by atoms with Gasteiger partial charge in [0.2, 0.25) is 0 Å². The second-order valence-corrected chi connectivity index (χ2v) is 14.3. The normalized spacial score (nSPS) is 29.1. The Labute approximate surface area is 200 Å². The lowest BCUT2D eigenvalue weighted by molar-refractivity contribution is 0.00725. The number of nitrogens with zero attached hydrogens (tertiary/aromatic N) is 3. The molecule has 32 heavy (non-hydrogen) atoms. The molecule has 1 saturated carbocycles. The summed E-state index contributed by atoms with van der Waals surface area (Å²) >= 11 is 0. The predicted molar refractivity (Wildman–Crippen MR) is 138 cm³/mol. The maximum atomic E-state index is 2.88. The van der Waals surface area contributed by atoms with Gasteiger partial charge in [0.05, 0.1) is 0 Å². The zero-order chi connectivity index (χ0) is 23.0. The molecule has 3 aliphatic heterocycles. The Morgan fingerprint density at radius 1 is 0.656 bits per heavy atom. The van der Waals surface area contributed by atoms with Crippen molar-refractivity contribution in [2.45, 2.75) is 117 Å². The first kappa shape index (κ1) is 25.0. The van der Waals surface area contributed by atoms with E-state index in [1.54, 1.807) is 0 Å². The van der Waals surface area contributed by atoms with Crippen LogP contribution in [0.1, 0.15) is 106 Å². The van der Waals surface area contributed by atoms with Gasteiger partial charge in [-0.25, -0.2) is 0 Å². The molecule has 1 aliphatic carbocycles. The lowest BCUT2D eigenvalue weighted by atomic mass is 9.66. The quantitative estimate of drug-likeness (QED) is 0.506. The molecule has 0 atom stereocenters. The highest BCUT2D eigenvalue weighted by molar-refractivity contribution is 4.94. The second kappa shape index (κ2) is 9.86. The van der Waals surface area contributed by atoms with Crippen molar-refractivity contribution in [2.24, 2.45) is 22.7 Å². The summed E-state index contributed by atoms with van der Waals surface area (Å²) in [7, 11) is 0. The second-order valence-electron chi connectivity index (χ2n) is 14.3. The van der Waals surface area contributed by atoms with Gasteiger partial charge in [0, 0.05) is 18.1 Å². The largest absolute Gasteiger partial charge is 0.303 e. The third kappa shape index (κ3) is 6.11. The number of piperidine rings is 3. The molecule has 0 amide bonds. The molecule has 4 rings (SSSR count). The highest BCUT2D eigenvalue weighted by Crippen LogP contribution is 2.46. The van der Waals surface area contributed by atoms with E-state index < -0.39 is 0 Å². The molecule has 0 unspecified atom stereocenters. The molecule has 3 heteroatoms. The minimum Gasteiger partial charge on any atom is -0.303 e. The molecule has 1 spiro atoms. The first-order chi connectivity index (χ1) is 15.0. The fraction of sp³-hybridized carbons (Fsp3) is 1.00. The van der Waals surface area contributed by atoms with Crippen LogP contribution in [0.15, 0.2) is 0 Å². The van der Waals surface area contributed by atoms with Crippen molar-refractivity contribution in [3.8, 4) is 0 Å². The van der Waals surface area contributed by atoms with Gasteiger partial charge >= 0.3 is 0 Å². The number of rotatable bonds is 3. The molecule has 4 aliphatic rings. The Morgan fingerprint density at radius 2 is 1.22 bits per heavy atom. The van der Waals surface area contributed by atoms with Crippen LogP contribution in [0, 0.1) is 22.7 Å². The number of likely N-dealkylation sites (tertiary alicyclic amines) is 3. The minimum absolute atomic E-state index is 0.351. The molecular weight excluding hydrogens is 390 g/mol. The van der Waals surface area contributed by atoms with E-state index in [4.69, 9.17) is 0 Å². The molecule has 0 N–H and O–H groups in total. The van der Waals surface area contributed by atoms with Gasteiger partial charge in [0.1, 0.15) is 0 Å². The Balaban J connectivity index is 1.16. The molecule has 0 aromatic rings. The van der Waals surface area contributed by atoms with Crippen molar-refractivity contribution in [3.63, 3.8) is 0 Å². The van der Waals surface area contributed by atoms with Crippen molar-refractivity contribution in [1.82, 2.24) is 14.7 Å². The van der Waals surface area contributed by atoms with Crippen molar-refractivity contribution in [2.75, 3.05) is 45.8 Å². The third-order valence-corrected chi connectivity index (χ3v) is 10.3. The fourth-order valence-electron chi connectivity index (χ4n) is 7.57. The molecule has 0 aromatic heterocycles. The van der Waals surface area contributed by atoms with Crippen LogP contribution in [0.2, 0.25) is 0 Å². The average Bonchev–Trinajstić information content (AvgIpc) is 2.75. The highest BCUT2D eigenvalue weighted by Gasteiger charge is 2.41. The van der Waals surface area contributed by atoms with Crippen molar-refractivity contribution < 1.29 is 0 Å². The van der Waals surface area contributed by atoms with Gasteiger partial charge in [-0.05, 0) is 147 Å². The lowest BCUT2D eigenvalue weighted by Crippen LogP contribution is -2.50. The summed E-state index contributed by atoms with van der Waals surface area (Å²) in [5.41, 5.74) is 1.55. The summed E-state index contributed by atoms with van der Waals surface area (Å²) in [4.78, 5) is 8.42. The topological polar surface area (TPSA) is 9.72 Å². The van der Waals surface area contributed by atoms with Gasteiger partial charge in [-0.1, -0.05) is 20.8 Å². The fourth-order valence-corrected chi connectivity index (χ4v) is 7.57. The summed E-state index contributed by atoms with van der Waals surface area (Å²) in [6.07, 6.45) is 14.6. The minimum atomic E-state index is 0.351. The Kier molecular flexibility index (Phi) is 7.70. The maximum absolute atomic E-state index is 2.88. The van der Waals surface area contributed by atoms with Crippen molar-refractivity contribution >= 4 is 0 Å². The molecule has 4 fully saturated rings. The number of hydrogen-bond acceptors (Lipinski definition) is 3. The summed E-state index contributed by atoms with van der Waals surface area (Å²) in [6, 6.07) is 0.896. The molecule has 0 aromatic carbocycles. The van der Waals surface area contributed by atoms with Gasteiger partial charge in [-0.3, -0.25) is 4.90 Å². The van der Waals surface area contributed by atoms with Crippen molar-refractivity contribution in [1.29, 1.82) is 0 Å². The summed E-state index contributed by atoms with van der Waals surface area (Å²) in [5.74, 6) is 1.87. The standard InChI is InChI=1S/C29H55N3/c1-27(2,3)25-11-17-31(18-12-25)26-7-13-29(14-8-26)15-21-30(22-16-29)23-24-9-19-32(20-10-24)28(4,5)6/h24-26H,7-23H2,1-6H3. The molecule has 186 valence electrons. The van der Waals surface area contributed by atoms with Gasteiger partial charge < -0.3 is 9.80 Å². The molecule has 3 heterocycles. The van der Waals surface area contributed by atoms with Crippen LogP contribution in [-0.2, 0) is 0 Å². The first-order valence-corrected chi connectivity index (χ1v) is 14.3. The van der Waals surface area contributed by atoms with E-state index in [1.165, 1.54) is 110 Å². The van der Waals surface area contributed by atoms with E-state index in [9.17, 15) is 0 Å². The van der Waals surface area contributed by atoms with E-state index in [-0.39, 0.29) is 0 Å². The van der Waals surface area contributed by atoms with E-state index in [0.29, 0.717) is 16.4 Å². The lowest BCUT2D eigenvalue weighted by Gasteiger charge is -2.50. The Hall–Kier alpha value is -0.120. The highest BCUT2D eigenvalue weighted by atomic mass is 15.2. The van der Waals surface area contributed by atoms with E-state index in [0.717, 1.165) is 17.9 Å². The van der Waals surface area contributed by atoms with Crippen LogP contribution in [0.4, 0.5) is 0 Å². The average molecular weight is 446 g/mol. The zero-order valence-electron chi connectivity index (χ0n) is 22.6. The van der Waals surface area contributed by atoms with Crippen LogP contribution in [0.5, 0.6) is 0 Å². The van der Waals surface area contributed by atoms with Crippen LogP contribution in [-0.4, -0.2) is 72.1 Å². The number of hydrogen-bond donors (Lipinski definition) is 0. The predicted octanol–water partition coefficient (Wildman–Crippen LogP) is 6.28.